The average molecular weight is 349 g/mol. The first kappa shape index (κ1) is 17.1. The number of rotatable bonds is 7. The van der Waals surface area contributed by atoms with Crippen molar-refractivity contribution in [1.29, 1.82) is 0 Å². The van der Waals surface area contributed by atoms with Crippen molar-refractivity contribution >= 4 is 8.07 Å². The van der Waals surface area contributed by atoms with Crippen molar-refractivity contribution in [1.82, 2.24) is 14.8 Å². The minimum atomic E-state index is -1.38. The number of benzene rings is 1. The third-order valence-corrected chi connectivity index (χ3v) is 5.80. The van der Waals surface area contributed by atoms with Gasteiger partial charge in [0.15, 0.2) is 17.3 Å². The van der Waals surface area contributed by atoms with Crippen LogP contribution in [0.4, 0.5) is 4.39 Å². The van der Waals surface area contributed by atoms with E-state index < -0.39 is 13.7 Å². The predicted molar refractivity (Wildman–Crippen MR) is 93.2 cm³/mol. The van der Waals surface area contributed by atoms with Crippen LogP contribution in [0.1, 0.15) is 18.7 Å². The van der Waals surface area contributed by atoms with Crippen LogP contribution in [0.5, 0.6) is 5.75 Å². The summed E-state index contributed by atoms with van der Waals surface area (Å²) in [5.41, 5.74) is -0.598. The Morgan fingerprint density at radius 3 is 2.50 bits per heavy atom. The molecule has 1 aliphatic carbocycles. The van der Waals surface area contributed by atoms with E-state index in [4.69, 9.17) is 4.74 Å². The maximum atomic E-state index is 14.3. The lowest BCUT2D eigenvalue weighted by molar-refractivity contribution is 0.0788. The minimum absolute atomic E-state index is 0.181. The van der Waals surface area contributed by atoms with Gasteiger partial charge >= 0.3 is 0 Å². The Balaban J connectivity index is 1.78. The van der Waals surface area contributed by atoms with Crippen LogP contribution < -0.4 is 0 Å². The molecule has 1 N–H and O–H groups in total. The van der Waals surface area contributed by atoms with Gasteiger partial charge in [-0.25, -0.2) is 14.1 Å². The van der Waals surface area contributed by atoms with Crippen LogP contribution in [-0.2, 0) is 17.1 Å². The van der Waals surface area contributed by atoms with E-state index >= 15 is 0 Å². The first-order valence-electron chi connectivity index (χ1n) is 8.28. The first-order chi connectivity index (χ1) is 11.3. The summed E-state index contributed by atoms with van der Waals surface area (Å²) < 4.78 is 21.7. The van der Waals surface area contributed by atoms with Crippen molar-refractivity contribution in [3.63, 3.8) is 0 Å². The van der Waals surface area contributed by atoms with E-state index in [1.807, 2.05) is 0 Å². The molecule has 0 amide bonds. The van der Waals surface area contributed by atoms with Gasteiger partial charge in [0.25, 0.3) is 0 Å². The average Bonchev–Trinajstić information content (AvgIpc) is 3.10. The summed E-state index contributed by atoms with van der Waals surface area (Å²) >= 11 is 0. The molecule has 2 aromatic rings. The predicted octanol–water partition coefficient (Wildman–Crippen LogP) is 3.92. The van der Waals surface area contributed by atoms with E-state index in [1.54, 1.807) is 28.9 Å². The lowest BCUT2D eigenvalue weighted by atomic mass is 10.2. The number of nitrogens with zero attached hydrogens (tertiary/aromatic N) is 3. The van der Waals surface area contributed by atoms with Crippen molar-refractivity contribution in [3.8, 4) is 17.1 Å². The van der Waals surface area contributed by atoms with Crippen molar-refractivity contribution in [3.05, 3.63) is 30.1 Å². The van der Waals surface area contributed by atoms with Crippen LogP contribution in [-0.4, -0.2) is 34.6 Å². The standard InChI is InChI=1S/C17H24FN3O2Si/c1-24(2,3)11-10-23-12-21-15(13-4-6-14(22)7-5-13)19-16(20-21)17(18)8-9-17/h4-7,22H,8-12H2,1-3H3. The summed E-state index contributed by atoms with van der Waals surface area (Å²) in [6.45, 7) is 7.81. The van der Waals surface area contributed by atoms with Gasteiger partial charge in [-0.15, -0.1) is 5.10 Å². The summed E-state index contributed by atoms with van der Waals surface area (Å²) in [5, 5.41) is 13.8. The molecule has 0 atom stereocenters. The lowest BCUT2D eigenvalue weighted by Gasteiger charge is -2.15. The molecule has 0 saturated heterocycles. The lowest BCUT2D eigenvalue weighted by Crippen LogP contribution is -2.22. The highest BCUT2D eigenvalue weighted by molar-refractivity contribution is 6.76. The van der Waals surface area contributed by atoms with Gasteiger partial charge in [0.05, 0.1) is 0 Å². The first-order valence-corrected chi connectivity index (χ1v) is 12.0. The molecule has 1 aromatic carbocycles. The molecule has 7 heteroatoms. The van der Waals surface area contributed by atoms with E-state index in [0.717, 1.165) is 11.6 Å². The Kier molecular flexibility index (Phi) is 4.48. The number of alkyl halides is 1. The van der Waals surface area contributed by atoms with Crippen LogP contribution in [0.25, 0.3) is 11.4 Å². The second kappa shape index (κ2) is 6.29. The third kappa shape index (κ3) is 4.02. The second-order valence-electron chi connectivity index (χ2n) is 7.62. The van der Waals surface area contributed by atoms with Crippen molar-refractivity contribution in [2.75, 3.05) is 6.61 Å². The van der Waals surface area contributed by atoms with Gasteiger partial charge in [-0.2, -0.15) is 0 Å². The van der Waals surface area contributed by atoms with Crippen molar-refractivity contribution in [2.24, 2.45) is 0 Å². The zero-order valence-corrected chi connectivity index (χ0v) is 15.4. The monoisotopic (exact) mass is 349 g/mol. The Hall–Kier alpha value is -1.73. The maximum Gasteiger partial charge on any atom is 0.188 e. The fourth-order valence-electron chi connectivity index (χ4n) is 2.31. The van der Waals surface area contributed by atoms with Crippen molar-refractivity contribution in [2.45, 2.75) is 50.9 Å². The summed E-state index contributed by atoms with van der Waals surface area (Å²) in [4.78, 5) is 4.40. The molecule has 1 fully saturated rings. The number of hydrogen-bond donors (Lipinski definition) is 1. The fraction of sp³-hybridized carbons (Fsp3) is 0.529. The molecule has 0 spiro atoms. The molecule has 3 rings (SSSR count). The zero-order chi connectivity index (χ0) is 17.4. The normalized spacial score (nSPS) is 16.3. The molecular weight excluding hydrogens is 325 g/mol. The fourth-order valence-corrected chi connectivity index (χ4v) is 3.07. The molecule has 130 valence electrons. The second-order valence-corrected chi connectivity index (χ2v) is 13.2. The third-order valence-electron chi connectivity index (χ3n) is 4.10. The van der Waals surface area contributed by atoms with E-state index in [9.17, 15) is 9.50 Å². The number of phenols is 1. The van der Waals surface area contributed by atoms with Crippen LogP contribution in [0.3, 0.4) is 0 Å². The summed E-state index contributed by atoms with van der Waals surface area (Å²) in [5.74, 6) is 0.988. The summed E-state index contributed by atoms with van der Waals surface area (Å²) in [6, 6.07) is 7.74. The number of halogens is 1. The summed E-state index contributed by atoms with van der Waals surface area (Å²) in [7, 11) is -1.15. The maximum absolute atomic E-state index is 14.3. The molecule has 1 heterocycles. The van der Waals surface area contributed by atoms with Crippen LogP contribution in [0.15, 0.2) is 24.3 Å². The number of hydrogen-bond acceptors (Lipinski definition) is 4. The molecule has 5 nitrogen and oxygen atoms in total. The minimum Gasteiger partial charge on any atom is -0.508 e. The Bertz CT molecular complexity index is 706. The molecule has 24 heavy (non-hydrogen) atoms. The molecular formula is C17H24FN3O2Si. The molecule has 0 radical (unpaired) electrons. The van der Waals surface area contributed by atoms with Crippen LogP contribution in [0.2, 0.25) is 25.7 Å². The molecule has 1 aromatic heterocycles. The highest BCUT2D eigenvalue weighted by atomic mass is 28.3. The Labute approximate surface area is 142 Å². The smallest absolute Gasteiger partial charge is 0.188 e. The SMILES string of the molecule is C[Si](C)(C)CCOCn1nc(C2(F)CC2)nc1-c1ccc(O)cc1. The van der Waals surface area contributed by atoms with Gasteiger partial charge in [0, 0.05) is 20.2 Å². The number of phenolic OH excluding ortho intramolecular Hbond substituents is 1. The number of ether oxygens (including phenoxy) is 1. The molecule has 0 unspecified atom stereocenters. The highest BCUT2D eigenvalue weighted by Crippen LogP contribution is 2.48. The van der Waals surface area contributed by atoms with Gasteiger partial charge in [-0.1, -0.05) is 19.6 Å². The van der Waals surface area contributed by atoms with Gasteiger partial charge in [-0.05, 0) is 43.2 Å². The topological polar surface area (TPSA) is 60.2 Å². The van der Waals surface area contributed by atoms with E-state index in [0.29, 0.717) is 25.3 Å². The highest BCUT2D eigenvalue weighted by Gasteiger charge is 2.49. The molecule has 0 aliphatic heterocycles. The van der Waals surface area contributed by atoms with Gasteiger partial charge in [-0.3, -0.25) is 0 Å². The van der Waals surface area contributed by atoms with Crippen molar-refractivity contribution < 1.29 is 14.2 Å². The van der Waals surface area contributed by atoms with Gasteiger partial charge in [0.1, 0.15) is 12.5 Å². The van der Waals surface area contributed by atoms with Crippen LogP contribution in [0, 0.1) is 0 Å². The molecule has 0 bridgehead atoms. The molecule has 1 saturated carbocycles. The van der Waals surface area contributed by atoms with Crippen LogP contribution >= 0.6 is 0 Å². The zero-order valence-electron chi connectivity index (χ0n) is 14.4. The van der Waals surface area contributed by atoms with Gasteiger partial charge in [0.2, 0.25) is 0 Å². The Morgan fingerprint density at radius 2 is 1.92 bits per heavy atom. The van der Waals surface area contributed by atoms with Gasteiger partial charge < -0.3 is 9.84 Å². The largest absolute Gasteiger partial charge is 0.508 e. The van der Waals surface area contributed by atoms with E-state index in [-0.39, 0.29) is 18.3 Å². The van der Waals surface area contributed by atoms with E-state index in [1.165, 1.54) is 0 Å². The molecule has 1 aliphatic rings. The Morgan fingerprint density at radius 1 is 1.25 bits per heavy atom. The quantitative estimate of drug-likeness (QED) is 0.608. The number of aromatic nitrogens is 3. The number of aromatic hydroxyl groups is 1. The summed E-state index contributed by atoms with van der Waals surface area (Å²) in [6.07, 6.45) is 0.949. The van der Waals surface area contributed by atoms with E-state index in [2.05, 4.69) is 29.7 Å².